The topological polar surface area (TPSA) is 64.9 Å². The van der Waals surface area contributed by atoms with E-state index in [0.29, 0.717) is 5.82 Å². The van der Waals surface area contributed by atoms with Crippen molar-refractivity contribution in [2.75, 3.05) is 5.73 Å². The van der Waals surface area contributed by atoms with Gasteiger partial charge in [0.15, 0.2) is 0 Å². The van der Waals surface area contributed by atoms with Crippen LogP contribution in [0.2, 0.25) is 0 Å². The van der Waals surface area contributed by atoms with Gasteiger partial charge in [-0.05, 0) is 31.2 Å². The SMILES string of the molecule is Nc1sc2c(c1-c1ncon1)CCCC2. The van der Waals surface area contributed by atoms with Crippen LogP contribution in [0.4, 0.5) is 5.00 Å². The normalized spacial score (nSPS) is 15.2. The molecule has 0 aromatic carbocycles. The summed E-state index contributed by atoms with van der Waals surface area (Å²) in [5, 5.41) is 4.69. The minimum atomic E-state index is 0.631. The van der Waals surface area contributed by atoms with E-state index in [1.54, 1.807) is 11.3 Å². The van der Waals surface area contributed by atoms with Crippen LogP contribution < -0.4 is 5.73 Å². The summed E-state index contributed by atoms with van der Waals surface area (Å²) in [4.78, 5) is 5.48. The maximum atomic E-state index is 6.01. The lowest BCUT2D eigenvalue weighted by Gasteiger charge is -2.10. The number of anilines is 1. The van der Waals surface area contributed by atoms with Gasteiger partial charge in [-0.1, -0.05) is 5.16 Å². The summed E-state index contributed by atoms with van der Waals surface area (Å²) in [7, 11) is 0. The van der Waals surface area contributed by atoms with Gasteiger partial charge < -0.3 is 10.3 Å². The Morgan fingerprint density at radius 1 is 1.33 bits per heavy atom. The molecule has 0 aliphatic heterocycles. The van der Waals surface area contributed by atoms with E-state index in [4.69, 9.17) is 10.3 Å². The Bertz CT molecular complexity index is 475. The van der Waals surface area contributed by atoms with Crippen LogP contribution in [0.15, 0.2) is 10.9 Å². The van der Waals surface area contributed by atoms with Crippen molar-refractivity contribution in [3.63, 3.8) is 0 Å². The van der Waals surface area contributed by atoms with Crippen molar-refractivity contribution in [2.45, 2.75) is 25.7 Å². The highest BCUT2D eigenvalue weighted by molar-refractivity contribution is 7.16. The number of rotatable bonds is 1. The van der Waals surface area contributed by atoms with Gasteiger partial charge in [-0.25, -0.2) is 0 Å². The Kier molecular flexibility index (Phi) is 1.98. The average molecular weight is 221 g/mol. The Hall–Kier alpha value is -1.36. The van der Waals surface area contributed by atoms with Crippen molar-refractivity contribution in [3.8, 4) is 11.4 Å². The fourth-order valence-electron chi connectivity index (χ4n) is 2.11. The molecule has 0 saturated carbocycles. The van der Waals surface area contributed by atoms with Gasteiger partial charge in [0, 0.05) is 4.88 Å². The summed E-state index contributed by atoms with van der Waals surface area (Å²) in [5.41, 5.74) is 8.35. The number of aryl methyl sites for hydroxylation is 1. The summed E-state index contributed by atoms with van der Waals surface area (Å²) in [6, 6.07) is 0. The fraction of sp³-hybridized carbons (Fsp3) is 0.400. The smallest absolute Gasteiger partial charge is 0.214 e. The Morgan fingerprint density at radius 3 is 3.00 bits per heavy atom. The maximum absolute atomic E-state index is 6.01. The number of aromatic nitrogens is 2. The zero-order valence-electron chi connectivity index (χ0n) is 8.19. The number of nitrogens with zero attached hydrogens (tertiary/aromatic N) is 2. The Balaban J connectivity index is 2.18. The second-order valence-corrected chi connectivity index (χ2v) is 4.84. The first-order valence-electron chi connectivity index (χ1n) is 5.03. The molecule has 2 aromatic rings. The molecular formula is C10H11N3OS. The lowest BCUT2D eigenvalue weighted by molar-refractivity contribution is 0.418. The number of thiophene rings is 1. The van der Waals surface area contributed by atoms with Crippen LogP contribution in [0.5, 0.6) is 0 Å². The molecule has 0 spiro atoms. The second-order valence-electron chi connectivity index (χ2n) is 3.70. The van der Waals surface area contributed by atoms with Crippen LogP contribution in [0.1, 0.15) is 23.3 Å². The molecule has 2 N–H and O–H groups in total. The van der Waals surface area contributed by atoms with Crippen molar-refractivity contribution >= 4 is 16.3 Å². The maximum Gasteiger partial charge on any atom is 0.214 e. The molecule has 2 aromatic heterocycles. The van der Waals surface area contributed by atoms with Crippen molar-refractivity contribution in [2.24, 2.45) is 0 Å². The number of nitrogen functional groups attached to an aromatic ring is 1. The molecule has 4 nitrogen and oxygen atoms in total. The van der Waals surface area contributed by atoms with E-state index >= 15 is 0 Å². The number of hydrogen-bond acceptors (Lipinski definition) is 5. The van der Waals surface area contributed by atoms with Crippen LogP contribution in [-0.4, -0.2) is 10.1 Å². The summed E-state index contributed by atoms with van der Waals surface area (Å²) >= 11 is 1.67. The van der Waals surface area contributed by atoms with Crippen LogP contribution in [-0.2, 0) is 12.8 Å². The van der Waals surface area contributed by atoms with Crippen molar-refractivity contribution in [1.29, 1.82) is 0 Å². The molecule has 0 saturated heterocycles. The second kappa shape index (κ2) is 3.34. The summed E-state index contributed by atoms with van der Waals surface area (Å²) < 4.78 is 4.77. The van der Waals surface area contributed by atoms with Gasteiger partial charge in [0.25, 0.3) is 0 Å². The highest BCUT2D eigenvalue weighted by Gasteiger charge is 2.22. The molecule has 2 heterocycles. The van der Waals surface area contributed by atoms with Gasteiger partial charge in [-0.15, -0.1) is 11.3 Å². The zero-order chi connectivity index (χ0) is 10.3. The molecule has 0 radical (unpaired) electrons. The van der Waals surface area contributed by atoms with Gasteiger partial charge in [-0.3, -0.25) is 0 Å². The quantitative estimate of drug-likeness (QED) is 0.802. The fourth-order valence-corrected chi connectivity index (χ4v) is 3.27. The molecule has 3 rings (SSSR count). The van der Waals surface area contributed by atoms with Gasteiger partial charge in [-0.2, -0.15) is 4.98 Å². The Labute approximate surface area is 91.1 Å². The van der Waals surface area contributed by atoms with E-state index in [1.807, 2.05) is 0 Å². The molecule has 0 atom stereocenters. The average Bonchev–Trinajstić information content (AvgIpc) is 2.82. The third-order valence-corrected chi connectivity index (χ3v) is 3.90. The lowest BCUT2D eigenvalue weighted by atomic mass is 9.95. The van der Waals surface area contributed by atoms with E-state index in [1.165, 1.54) is 29.7 Å². The standard InChI is InChI=1S/C10H11N3OS/c11-9-8(10-12-5-14-13-10)6-3-1-2-4-7(6)15-9/h5H,1-4,11H2. The largest absolute Gasteiger partial charge is 0.390 e. The molecule has 78 valence electrons. The molecule has 0 amide bonds. The first-order valence-corrected chi connectivity index (χ1v) is 5.84. The monoisotopic (exact) mass is 221 g/mol. The van der Waals surface area contributed by atoms with Gasteiger partial charge in [0.2, 0.25) is 12.2 Å². The molecule has 1 aliphatic rings. The number of hydrogen-bond donors (Lipinski definition) is 1. The molecule has 0 unspecified atom stereocenters. The van der Waals surface area contributed by atoms with E-state index in [2.05, 4.69) is 10.1 Å². The van der Waals surface area contributed by atoms with Crippen molar-refractivity contribution in [3.05, 3.63) is 16.8 Å². The third-order valence-electron chi connectivity index (χ3n) is 2.78. The minimum Gasteiger partial charge on any atom is -0.390 e. The minimum absolute atomic E-state index is 0.631. The molecule has 15 heavy (non-hydrogen) atoms. The lowest BCUT2D eigenvalue weighted by Crippen LogP contribution is -2.00. The summed E-state index contributed by atoms with van der Waals surface area (Å²) in [5.74, 6) is 0.631. The van der Waals surface area contributed by atoms with E-state index < -0.39 is 0 Å². The molecule has 1 aliphatic carbocycles. The predicted octanol–water partition coefficient (Wildman–Crippen LogP) is 2.26. The first kappa shape index (κ1) is 8.91. The summed E-state index contributed by atoms with van der Waals surface area (Å²) in [6.45, 7) is 0. The molecule has 0 bridgehead atoms. The van der Waals surface area contributed by atoms with Gasteiger partial charge >= 0.3 is 0 Å². The number of fused-ring (bicyclic) bond motifs is 1. The third kappa shape index (κ3) is 1.34. The van der Waals surface area contributed by atoms with Crippen LogP contribution >= 0.6 is 11.3 Å². The highest BCUT2D eigenvalue weighted by Crippen LogP contribution is 2.40. The van der Waals surface area contributed by atoms with E-state index in [0.717, 1.165) is 23.4 Å². The van der Waals surface area contributed by atoms with Crippen LogP contribution in [0.25, 0.3) is 11.4 Å². The van der Waals surface area contributed by atoms with Crippen molar-refractivity contribution < 1.29 is 4.52 Å². The summed E-state index contributed by atoms with van der Waals surface area (Å²) in [6.07, 6.45) is 6.07. The Morgan fingerprint density at radius 2 is 2.20 bits per heavy atom. The van der Waals surface area contributed by atoms with Crippen molar-refractivity contribution in [1.82, 2.24) is 10.1 Å². The zero-order valence-corrected chi connectivity index (χ0v) is 9.01. The first-order chi connectivity index (χ1) is 7.36. The van der Waals surface area contributed by atoms with Crippen LogP contribution in [0.3, 0.4) is 0 Å². The molecular weight excluding hydrogens is 210 g/mol. The van der Waals surface area contributed by atoms with Gasteiger partial charge in [0.1, 0.15) is 0 Å². The van der Waals surface area contributed by atoms with Crippen LogP contribution in [0, 0.1) is 0 Å². The van der Waals surface area contributed by atoms with E-state index in [9.17, 15) is 0 Å². The highest BCUT2D eigenvalue weighted by atomic mass is 32.1. The van der Waals surface area contributed by atoms with E-state index in [-0.39, 0.29) is 0 Å². The van der Waals surface area contributed by atoms with Gasteiger partial charge in [0.05, 0.1) is 10.6 Å². The molecule has 0 fully saturated rings. The predicted molar refractivity (Wildman–Crippen MR) is 58.7 cm³/mol. The molecule has 5 heteroatoms. The number of nitrogens with two attached hydrogens (primary N) is 1.